The summed E-state index contributed by atoms with van der Waals surface area (Å²) in [5.41, 5.74) is 0. The molecule has 3 atom stereocenters. The van der Waals surface area contributed by atoms with E-state index in [0.29, 0.717) is 23.9 Å². The summed E-state index contributed by atoms with van der Waals surface area (Å²) >= 11 is 0. The van der Waals surface area contributed by atoms with Gasteiger partial charge in [0.2, 0.25) is 5.91 Å². The van der Waals surface area contributed by atoms with E-state index in [1.165, 1.54) is 154 Å². The van der Waals surface area contributed by atoms with E-state index in [1.807, 2.05) is 27.2 Å². The number of phosphoric acid groups is 1. The van der Waals surface area contributed by atoms with Gasteiger partial charge in [0.25, 0.3) is 7.82 Å². The van der Waals surface area contributed by atoms with Crippen molar-refractivity contribution in [2.45, 2.75) is 289 Å². The SMILES string of the molecule is CC/C=C\C/C=C\C/C=C\C/C=C\C/C=C\C/C=C\C/C=C\C/C=C\C/C=C\CCCCCC(=O)NC(COP(=O)([O-])OCC[N+](C)(C)C)C(O)/C=C/CCCCCCCCCCCCCCCCCCCCCCCCCCCC. The molecule has 9 heteroatoms. The fourth-order valence-electron chi connectivity index (χ4n) is 9.26. The molecule has 0 spiro atoms. The molecule has 0 fully saturated rings. The lowest BCUT2D eigenvalue weighted by Gasteiger charge is -2.29. The predicted octanol–water partition coefficient (Wildman–Crippen LogP) is 20.6. The van der Waals surface area contributed by atoms with Gasteiger partial charge in [-0.25, -0.2) is 0 Å². The lowest BCUT2D eigenvalue weighted by molar-refractivity contribution is -0.870. The van der Waals surface area contributed by atoms with Crippen LogP contribution in [0.3, 0.4) is 0 Å². The van der Waals surface area contributed by atoms with E-state index in [1.54, 1.807) is 6.08 Å². The molecular weight excluding hydrogens is 1020 g/mol. The van der Waals surface area contributed by atoms with Crippen LogP contribution in [0.15, 0.2) is 122 Å². The summed E-state index contributed by atoms with van der Waals surface area (Å²) in [6, 6.07) is -0.916. The van der Waals surface area contributed by atoms with Gasteiger partial charge < -0.3 is 28.8 Å². The fraction of sp³-hybridized carbons (Fsp3) is 0.708. The molecule has 466 valence electrons. The Kier molecular flexibility index (Phi) is 59.1. The zero-order valence-corrected chi connectivity index (χ0v) is 54.1. The molecule has 0 aliphatic rings. The van der Waals surface area contributed by atoms with Crippen LogP contribution in [-0.2, 0) is 18.4 Å². The minimum Gasteiger partial charge on any atom is -0.756 e. The van der Waals surface area contributed by atoms with E-state index < -0.39 is 26.6 Å². The largest absolute Gasteiger partial charge is 0.756 e. The van der Waals surface area contributed by atoms with Crippen LogP contribution in [0.5, 0.6) is 0 Å². The Labute approximate surface area is 501 Å². The minimum atomic E-state index is -4.62. The molecule has 8 nitrogen and oxygen atoms in total. The second kappa shape index (κ2) is 61.5. The smallest absolute Gasteiger partial charge is 0.268 e. The molecule has 0 aromatic rings. The highest BCUT2D eigenvalue weighted by molar-refractivity contribution is 7.45. The number of aliphatic hydroxyl groups is 1. The minimum absolute atomic E-state index is 0.0142. The Balaban J connectivity index is 4.24. The molecule has 0 aliphatic carbocycles. The maximum absolute atomic E-state index is 13.0. The summed E-state index contributed by atoms with van der Waals surface area (Å²) in [4.78, 5) is 25.6. The second-order valence-electron chi connectivity index (χ2n) is 23.4. The van der Waals surface area contributed by atoms with Crippen molar-refractivity contribution in [2.75, 3.05) is 40.9 Å². The first-order chi connectivity index (χ1) is 39.5. The number of carbonyl (C=O) groups excluding carboxylic acids is 1. The first-order valence-corrected chi connectivity index (χ1v) is 34.9. The van der Waals surface area contributed by atoms with Gasteiger partial charge in [0.05, 0.1) is 39.9 Å². The molecular formula is C72H127N2O6P. The zero-order valence-electron chi connectivity index (χ0n) is 53.2. The van der Waals surface area contributed by atoms with Gasteiger partial charge in [-0.05, 0) is 89.9 Å². The summed E-state index contributed by atoms with van der Waals surface area (Å²) < 4.78 is 23.4. The van der Waals surface area contributed by atoms with Crippen LogP contribution in [0.2, 0.25) is 0 Å². The average Bonchev–Trinajstić information content (AvgIpc) is 3.43. The number of carbonyl (C=O) groups is 1. The van der Waals surface area contributed by atoms with Gasteiger partial charge in [-0.3, -0.25) is 9.36 Å². The lowest BCUT2D eigenvalue weighted by Crippen LogP contribution is -2.45. The van der Waals surface area contributed by atoms with Crippen molar-refractivity contribution < 1.29 is 32.9 Å². The van der Waals surface area contributed by atoms with Crippen molar-refractivity contribution in [3.63, 3.8) is 0 Å². The molecule has 0 saturated heterocycles. The first-order valence-electron chi connectivity index (χ1n) is 33.4. The number of quaternary nitrogens is 1. The molecule has 0 bridgehead atoms. The van der Waals surface area contributed by atoms with Gasteiger partial charge in [-0.15, -0.1) is 0 Å². The van der Waals surface area contributed by atoms with Gasteiger partial charge in [0, 0.05) is 6.42 Å². The Hall–Kier alpha value is -3.10. The Morgan fingerprint density at radius 2 is 0.753 bits per heavy atom. The van der Waals surface area contributed by atoms with Gasteiger partial charge in [-0.1, -0.05) is 302 Å². The Morgan fingerprint density at radius 1 is 0.444 bits per heavy atom. The molecule has 0 radical (unpaired) electrons. The number of hydrogen-bond acceptors (Lipinski definition) is 6. The van der Waals surface area contributed by atoms with Crippen molar-refractivity contribution in [3.05, 3.63) is 122 Å². The molecule has 3 unspecified atom stereocenters. The van der Waals surface area contributed by atoms with E-state index in [4.69, 9.17) is 9.05 Å². The summed E-state index contributed by atoms with van der Waals surface area (Å²) in [5, 5.41) is 13.9. The standard InChI is InChI=1S/C72H127N2O6P/c1-6-8-10-12-14-16-18-20-22-24-26-28-30-32-34-36-37-38-40-42-44-46-48-50-52-54-56-58-60-62-64-66-72(76)73-70(69-80-81(77,78)79-68-67-74(3,4)5)71(75)65-63-61-59-57-55-53-51-49-47-45-43-41-39-35-33-31-29-27-25-23-21-19-17-15-13-11-9-7-2/h8,10,14,16,20,22,26,28,32,34,37-38,42,44,48,50,54,56,63,65,70-71,75H,6-7,9,11-13,15,17-19,21,23-25,27,29-31,33,35-36,39-41,43,45-47,49,51-53,55,57-62,64,66-69H2,1-5H3,(H-,73,76,77,78)/b10-8-,16-14-,22-20-,28-26-,34-32-,38-37-,44-42-,50-48-,56-54-,65-63+. The normalized spacial score (nSPS) is 14.5. The number of likely N-dealkylation sites (N-methyl/N-ethyl adjacent to an activating group) is 1. The van der Waals surface area contributed by atoms with Crippen molar-refractivity contribution in [2.24, 2.45) is 0 Å². The highest BCUT2D eigenvalue weighted by Crippen LogP contribution is 2.38. The third-order valence-electron chi connectivity index (χ3n) is 14.4. The maximum Gasteiger partial charge on any atom is 0.268 e. The number of nitrogens with one attached hydrogen (secondary N) is 1. The van der Waals surface area contributed by atoms with Gasteiger partial charge in [-0.2, -0.15) is 0 Å². The van der Waals surface area contributed by atoms with Crippen molar-refractivity contribution in [1.82, 2.24) is 5.32 Å². The second-order valence-corrected chi connectivity index (χ2v) is 24.9. The topological polar surface area (TPSA) is 108 Å². The quantitative estimate of drug-likeness (QED) is 0.0272. The summed E-state index contributed by atoms with van der Waals surface area (Å²) in [7, 11) is 1.23. The molecule has 0 aliphatic heterocycles. The van der Waals surface area contributed by atoms with E-state index in [9.17, 15) is 19.4 Å². The maximum atomic E-state index is 13.0. The highest BCUT2D eigenvalue weighted by atomic mass is 31.2. The molecule has 0 rings (SSSR count). The molecule has 2 N–H and O–H groups in total. The number of aliphatic hydroxyl groups excluding tert-OH is 1. The van der Waals surface area contributed by atoms with Crippen molar-refractivity contribution in [3.8, 4) is 0 Å². The number of nitrogens with zero attached hydrogens (tertiary/aromatic N) is 1. The molecule has 0 saturated carbocycles. The lowest BCUT2D eigenvalue weighted by atomic mass is 10.0. The fourth-order valence-corrected chi connectivity index (χ4v) is 9.99. The van der Waals surface area contributed by atoms with E-state index in [2.05, 4.69) is 129 Å². The molecule has 0 aromatic carbocycles. The molecule has 0 aromatic heterocycles. The van der Waals surface area contributed by atoms with Crippen molar-refractivity contribution >= 4 is 13.7 Å². The van der Waals surface area contributed by atoms with E-state index in [-0.39, 0.29) is 12.5 Å². The van der Waals surface area contributed by atoms with Crippen LogP contribution in [-0.4, -0.2) is 68.5 Å². The van der Waals surface area contributed by atoms with Crippen LogP contribution < -0.4 is 10.2 Å². The number of allylic oxidation sites excluding steroid dienone is 19. The third kappa shape index (κ3) is 64.3. The Morgan fingerprint density at radius 3 is 1.10 bits per heavy atom. The number of amides is 1. The number of phosphoric ester groups is 1. The number of hydrogen-bond donors (Lipinski definition) is 2. The zero-order chi connectivity index (χ0) is 59.1. The number of unbranched alkanes of at least 4 members (excludes halogenated alkanes) is 29. The van der Waals surface area contributed by atoms with Crippen LogP contribution in [0.1, 0.15) is 277 Å². The summed E-state index contributed by atoms with van der Waals surface area (Å²) in [6.45, 7) is 4.52. The van der Waals surface area contributed by atoms with Gasteiger partial charge in [0.15, 0.2) is 0 Å². The molecule has 81 heavy (non-hydrogen) atoms. The van der Waals surface area contributed by atoms with Crippen molar-refractivity contribution in [1.29, 1.82) is 0 Å². The van der Waals surface area contributed by atoms with Gasteiger partial charge in [0.1, 0.15) is 13.2 Å². The van der Waals surface area contributed by atoms with E-state index in [0.717, 1.165) is 96.3 Å². The van der Waals surface area contributed by atoms with Crippen LogP contribution in [0, 0.1) is 0 Å². The molecule has 1 amide bonds. The summed E-state index contributed by atoms with van der Waals surface area (Å²) in [5.74, 6) is -0.231. The highest BCUT2D eigenvalue weighted by Gasteiger charge is 2.23. The van der Waals surface area contributed by atoms with E-state index >= 15 is 0 Å². The predicted molar refractivity (Wildman–Crippen MR) is 352 cm³/mol. The van der Waals surface area contributed by atoms with Crippen LogP contribution in [0.4, 0.5) is 0 Å². The van der Waals surface area contributed by atoms with Crippen LogP contribution >= 0.6 is 7.82 Å². The third-order valence-corrected chi connectivity index (χ3v) is 15.4. The first kappa shape index (κ1) is 77.9. The van der Waals surface area contributed by atoms with Crippen LogP contribution in [0.25, 0.3) is 0 Å². The average molecular weight is 1150 g/mol. The summed E-state index contributed by atoms with van der Waals surface area (Å²) in [6.07, 6.45) is 91.6. The monoisotopic (exact) mass is 1150 g/mol. The number of rotatable bonds is 60. The van der Waals surface area contributed by atoms with Gasteiger partial charge >= 0.3 is 0 Å². The Bertz CT molecular complexity index is 1730. The molecule has 0 heterocycles.